The molecule has 0 radical (unpaired) electrons. The van der Waals surface area contributed by atoms with Crippen molar-refractivity contribution in [2.75, 3.05) is 6.61 Å². The topological polar surface area (TPSA) is 74.6 Å². The summed E-state index contributed by atoms with van der Waals surface area (Å²) in [6, 6.07) is 0. The molecule has 74 valence electrons. The van der Waals surface area contributed by atoms with Gasteiger partial charge in [-0.05, 0) is 0 Å². The van der Waals surface area contributed by atoms with Crippen molar-refractivity contribution in [1.82, 2.24) is 5.08 Å². The fraction of sp³-hybridized carbons (Fsp3) is 0.250. The van der Waals surface area contributed by atoms with Gasteiger partial charge in [-0.15, -0.1) is 6.58 Å². The maximum atomic E-state index is 10.5. The molecule has 0 aliphatic heterocycles. The Bertz CT molecular complexity index is 439. The summed E-state index contributed by atoms with van der Waals surface area (Å²) in [5, 5.41) is 0.327. The molecule has 1 aromatic heterocycles. The molecule has 0 aliphatic carbocycles. The number of aromatic nitrogens is 1. The van der Waals surface area contributed by atoms with E-state index in [9.17, 15) is 9.59 Å². The van der Waals surface area contributed by atoms with Crippen LogP contribution in [0, 0.1) is 11.8 Å². The van der Waals surface area contributed by atoms with Gasteiger partial charge < -0.3 is 4.84 Å². The van der Waals surface area contributed by atoms with E-state index in [0.717, 1.165) is 0 Å². The molecule has 0 aromatic carbocycles. The van der Waals surface area contributed by atoms with Crippen molar-refractivity contribution in [3.8, 4) is 11.8 Å². The van der Waals surface area contributed by atoms with Gasteiger partial charge in [-0.25, -0.2) is 9.59 Å². The van der Waals surface area contributed by atoms with E-state index in [1.54, 1.807) is 6.08 Å². The van der Waals surface area contributed by atoms with Crippen LogP contribution in [0.1, 0.15) is 6.42 Å². The molecular weight excluding hydrogens is 190 g/mol. The summed E-state index contributed by atoms with van der Waals surface area (Å²) < 4.78 is 8.39. The maximum Gasteiger partial charge on any atom is 0.449 e. The Hall–Kier alpha value is -2.16. The summed E-state index contributed by atoms with van der Waals surface area (Å²) in [6.45, 7) is 3.42. The molecule has 0 atom stereocenters. The Morgan fingerprint density at radius 2 is 2.00 bits per heavy atom. The lowest BCUT2D eigenvalue weighted by Crippen LogP contribution is -2.14. The highest BCUT2D eigenvalue weighted by molar-refractivity contribution is 5.02. The molecule has 6 heteroatoms. The minimum Gasteiger partial charge on any atom is -0.344 e. The number of rotatable bonds is 3. The lowest BCUT2D eigenvalue weighted by molar-refractivity contribution is -0.135. The van der Waals surface area contributed by atoms with Crippen LogP contribution in [0.3, 0.4) is 0 Å². The SMILES string of the molecule is C=CCC#CCOn1oc(=O)c(=O)o1. The first-order chi connectivity index (χ1) is 6.74. The number of nitrogens with zero attached hydrogens (tertiary/aromatic N) is 1. The van der Waals surface area contributed by atoms with E-state index < -0.39 is 11.3 Å². The first-order valence-corrected chi connectivity index (χ1v) is 3.68. The molecule has 1 heterocycles. The predicted molar refractivity (Wildman–Crippen MR) is 45.5 cm³/mol. The van der Waals surface area contributed by atoms with Crippen molar-refractivity contribution in [2.45, 2.75) is 6.42 Å². The summed E-state index contributed by atoms with van der Waals surface area (Å²) in [5.74, 6) is 5.26. The Balaban J connectivity index is 2.47. The average Bonchev–Trinajstić information content (AvgIpc) is 2.46. The normalized spacial score (nSPS) is 8.86. The largest absolute Gasteiger partial charge is 0.449 e. The van der Waals surface area contributed by atoms with Gasteiger partial charge >= 0.3 is 11.3 Å². The van der Waals surface area contributed by atoms with Gasteiger partial charge in [0.2, 0.25) is 0 Å². The van der Waals surface area contributed by atoms with Crippen molar-refractivity contribution in [3.63, 3.8) is 0 Å². The Morgan fingerprint density at radius 3 is 2.57 bits per heavy atom. The molecule has 0 N–H and O–H groups in total. The molecule has 6 nitrogen and oxygen atoms in total. The third-order valence-electron chi connectivity index (χ3n) is 1.10. The first kappa shape index (κ1) is 9.92. The monoisotopic (exact) mass is 197 g/mol. The highest BCUT2D eigenvalue weighted by Crippen LogP contribution is 1.75. The zero-order chi connectivity index (χ0) is 10.4. The van der Waals surface area contributed by atoms with Crippen LogP contribution in [0.5, 0.6) is 0 Å². The fourth-order valence-corrected chi connectivity index (χ4v) is 0.562. The molecule has 0 fully saturated rings. The molecule has 1 rings (SSSR count). The van der Waals surface area contributed by atoms with Gasteiger partial charge in [0.05, 0.1) is 0 Å². The second kappa shape index (κ2) is 4.77. The van der Waals surface area contributed by atoms with E-state index in [-0.39, 0.29) is 6.61 Å². The van der Waals surface area contributed by atoms with Crippen LogP contribution in [0.25, 0.3) is 0 Å². The lowest BCUT2D eigenvalue weighted by Gasteiger charge is -1.92. The third-order valence-corrected chi connectivity index (χ3v) is 1.10. The van der Waals surface area contributed by atoms with Crippen LogP contribution in [-0.4, -0.2) is 11.7 Å². The summed E-state index contributed by atoms with van der Waals surface area (Å²) in [6.07, 6.45) is 2.16. The number of allylic oxidation sites excluding steroid dienone is 1. The molecule has 0 aliphatic rings. The van der Waals surface area contributed by atoms with Crippen LogP contribution in [-0.2, 0) is 0 Å². The van der Waals surface area contributed by atoms with Gasteiger partial charge in [0.25, 0.3) is 0 Å². The van der Waals surface area contributed by atoms with Gasteiger partial charge in [-0.2, -0.15) is 0 Å². The van der Waals surface area contributed by atoms with Crippen LogP contribution < -0.4 is 16.1 Å². The molecular formula is C8H7NO5. The smallest absolute Gasteiger partial charge is 0.344 e. The average molecular weight is 197 g/mol. The van der Waals surface area contributed by atoms with Gasteiger partial charge in [-0.3, -0.25) is 9.05 Å². The minimum absolute atomic E-state index is 0.0472. The maximum absolute atomic E-state index is 10.5. The molecule has 14 heavy (non-hydrogen) atoms. The zero-order valence-corrected chi connectivity index (χ0v) is 7.19. The van der Waals surface area contributed by atoms with Gasteiger partial charge in [0.1, 0.15) is 5.08 Å². The molecule has 0 saturated carbocycles. The Morgan fingerprint density at radius 1 is 1.36 bits per heavy atom. The van der Waals surface area contributed by atoms with Crippen molar-refractivity contribution in [3.05, 3.63) is 33.5 Å². The fourth-order valence-electron chi connectivity index (χ4n) is 0.562. The second-order valence-corrected chi connectivity index (χ2v) is 2.10. The van der Waals surface area contributed by atoms with Crippen LogP contribution in [0.4, 0.5) is 0 Å². The van der Waals surface area contributed by atoms with Crippen LogP contribution in [0.15, 0.2) is 31.3 Å². The van der Waals surface area contributed by atoms with E-state index in [1.165, 1.54) is 0 Å². The zero-order valence-electron chi connectivity index (χ0n) is 7.19. The second-order valence-electron chi connectivity index (χ2n) is 2.10. The van der Waals surface area contributed by atoms with E-state index >= 15 is 0 Å². The van der Waals surface area contributed by atoms with Crippen LogP contribution in [0.2, 0.25) is 0 Å². The highest BCUT2D eigenvalue weighted by Gasteiger charge is 2.03. The Labute approximate surface area is 78.3 Å². The van der Waals surface area contributed by atoms with Gasteiger partial charge in [0, 0.05) is 6.42 Å². The van der Waals surface area contributed by atoms with E-state index in [0.29, 0.717) is 11.5 Å². The van der Waals surface area contributed by atoms with Gasteiger partial charge in [0.15, 0.2) is 6.61 Å². The van der Waals surface area contributed by atoms with Crippen molar-refractivity contribution in [2.24, 2.45) is 0 Å². The molecule has 0 saturated heterocycles. The van der Waals surface area contributed by atoms with Crippen molar-refractivity contribution < 1.29 is 13.9 Å². The summed E-state index contributed by atoms with van der Waals surface area (Å²) in [7, 11) is 0. The summed E-state index contributed by atoms with van der Waals surface area (Å²) in [5.41, 5.74) is -2.24. The number of hydrogen-bond donors (Lipinski definition) is 0. The first-order valence-electron chi connectivity index (χ1n) is 3.68. The van der Waals surface area contributed by atoms with E-state index in [2.05, 4.69) is 32.3 Å². The van der Waals surface area contributed by atoms with E-state index in [1.807, 2.05) is 0 Å². The van der Waals surface area contributed by atoms with Gasteiger partial charge in [-0.1, -0.05) is 17.9 Å². The number of hydrogen-bond acceptors (Lipinski definition) is 5. The third kappa shape index (κ3) is 2.71. The van der Waals surface area contributed by atoms with Crippen molar-refractivity contribution in [1.29, 1.82) is 0 Å². The molecule has 1 aromatic rings. The molecule has 0 amide bonds. The summed E-state index contributed by atoms with van der Waals surface area (Å²) >= 11 is 0. The lowest BCUT2D eigenvalue weighted by atomic mass is 10.4. The molecule has 0 unspecified atom stereocenters. The minimum atomic E-state index is -1.12. The quantitative estimate of drug-likeness (QED) is 0.367. The predicted octanol–water partition coefficient (Wildman–Crippen LogP) is -0.597. The molecule has 0 spiro atoms. The molecule has 0 bridgehead atoms. The standard InChI is InChI=1S/C8H7NO5/c1-2-3-4-5-6-12-9-13-7(10)8(11)14-9/h2H,1,3,6H2. The van der Waals surface area contributed by atoms with Crippen LogP contribution >= 0.6 is 0 Å². The Kier molecular flexibility index (Phi) is 3.38. The highest BCUT2D eigenvalue weighted by atomic mass is 17.0. The van der Waals surface area contributed by atoms with E-state index in [4.69, 9.17) is 0 Å². The summed E-state index contributed by atoms with van der Waals surface area (Å²) in [4.78, 5) is 25.5. The van der Waals surface area contributed by atoms with Crippen molar-refractivity contribution >= 4 is 0 Å².